The Morgan fingerprint density at radius 2 is 1.82 bits per heavy atom. The summed E-state index contributed by atoms with van der Waals surface area (Å²) in [6.07, 6.45) is 3.42. The first kappa shape index (κ1) is 25.9. The van der Waals surface area contributed by atoms with Crippen LogP contribution in [-0.4, -0.2) is 75.2 Å². The third kappa shape index (κ3) is 4.30. The number of rotatable bonds is 8. The van der Waals surface area contributed by atoms with Crippen molar-refractivity contribution in [3.05, 3.63) is 0 Å². The van der Waals surface area contributed by atoms with Crippen LogP contribution in [0.5, 0.6) is 0 Å². The van der Waals surface area contributed by atoms with Crippen LogP contribution in [0.4, 0.5) is 0 Å². The van der Waals surface area contributed by atoms with Crippen LogP contribution < -0.4 is 0 Å². The summed E-state index contributed by atoms with van der Waals surface area (Å²) in [6.45, 7) is 2.63. The van der Waals surface area contributed by atoms with Gasteiger partial charge >= 0.3 is 23.9 Å². The van der Waals surface area contributed by atoms with Gasteiger partial charge in [-0.05, 0) is 38.5 Å². The van der Waals surface area contributed by atoms with Gasteiger partial charge < -0.3 is 18.9 Å². The molecule has 12 heteroatoms. The van der Waals surface area contributed by atoms with Gasteiger partial charge in [0.25, 0.3) is 0 Å². The van der Waals surface area contributed by atoms with Crippen LogP contribution in [0.3, 0.4) is 0 Å². The van der Waals surface area contributed by atoms with E-state index in [2.05, 4.69) is 0 Å². The summed E-state index contributed by atoms with van der Waals surface area (Å²) in [5, 5.41) is -1.59. The van der Waals surface area contributed by atoms with E-state index in [-0.39, 0.29) is 5.92 Å². The molecule has 2 bridgehead atoms. The fourth-order valence-corrected chi connectivity index (χ4v) is 6.09. The first-order chi connectivity index (χ1) is 15.8. The Labute approximate surface area is 216 Å². The number of carbonyl (C=O) groups is 4. The lowest BCUT2D eigenvalue weighted by Crippen LogP contribution is -2.47. The molecule has 0 aromatic carbocycles. The summed E-state index contributed by atoms with van der Waals surface area (Å²) in [6, 6.07) is 0. The minimum absolute atomic E-state index is 0.210. The predicted molar refractivity (Wildman–Crippen MR) is 129 cm³/mol. The zero-order valence-corrected chi connectivity index (χ0v) is 21.4. The highest BCUT2D eigenvalue weighted by atomic mass is 127. The molecule has 7 unspecified atom stereocenters. The fourth-order valence-electron chi connectivity index (χ4n) is 5.93. The van der Waals surface area contributed by atoms with Gasteiger partial charge in [0.2, 0.25) is 0 Å². The Kier molecular flexibility index (Phi) is 6.88. The molecule has 0 spiro atoms. The van der Waals surface area contributed by atoms with Gasteiger partial charge in [-0.3, -0.25) is 14.4 Å². The van der Waals surface area contributed by atoms with Crippen LogP contribution in [0.2, 0.25) is 5.21 Å². The first-order valence-corrected chi connectivity index (χ1v) is 12.7. The van der Waals surface area contributed by atoms with Crippen LogP contribution in [0.1, 0.15) is 52.4 Å². The molecule has 6 radical (unpaired) electrons. The lowest BCUT2D eigenvalue weighted by molar-refractivity contribution is -0.177. The van der Waals surface area contributed by atoms with E-state index < -0.39 is 74.6 Å². The van der Waals surface area contributed by atoms with Crippen molar-refractivity contribution in [2.75, 3.05) is 6.61 Å². The summed E-state index contributed by atoms with van der Waals surface area (Å²) >= 11 is 1.56. The van der Waals surface area contributed by atoms with E-state index >= 15 is 0 Å². The molecule has 1 saturated heterocycles. The Hall–Kier alpha value is -1.20. The molecule has 4 aliphatic rings. The van der Waals surface area contributed by atoms with Crippen LogP contribution in [0.15, 0.2) is 0 Å². The quantitative estimate of drug-likeness (QED) is 0.140. The molecule has 7 atom stereocenters. The van der Waals surface area contributed by atoms with Crippen molar-refractivity contribution in [3.8, 4) is 0 Å². The highest BCUT2D eigenvalue weighted by Gasteiger charge is 2.70. The topological polar surface area (TPSA) is 105 Å². The number of fused-ring (bicyclic) bond motifs is 1. The average Bonchev–Trinajstić information content (AvgIpc) is 3.49. The maximum Gasteiger partial charge on any atom is 0.344 e. The third-order valence-electron chi connectivity index (χ3n) is 7.96. The monoisotopic (exact) mass is 578 g/mol. The molecule has 4 rings (SSSR count). The molecule has 8 nitrogen and oxygen atoms in total. The molecule has 1 heterocycles. The van der Waals surface area contributed by atoms with Gasteiger partial charge in [-0.25, -0.2) is 4.79 Å². The van der Waals surface area contributed by atoms with Crippen LogP contribution in [0, 0.1) is 23.7 Å². The van der Waals surface area contributed by atoms with Crippen molar-refractivity contribution >= 4 is 70.0 Å². The zero-order valence-electron chi connectivity index (χ0n) is 19.3. The third-order valence-corrected chi connectivity index (χ3v) is 9.57. The summed E-state index contributed by atoms with van der Waals surface area (Å²) in [5.41, 5.74) is -0.490. The summed E-state index contributed by atoms with van der Waals surface area (Å²) < 4.78 is 20.3. The van der Waals surface area contributed by atoms with Crippen LogP contribution in [0.25, 0.3) is 0 Å². The zero-order chi connectivity index (χ0) is 25.1. The molecule has 3 saturated carbocycles. The van der Waals surface area contributed by atoms with Crippen LogP contribution in [-0.2, 0) is 38.1 Å². The molecule has 34 heavy (non-hydrogen) atoms. The highest BCUT2D eigenvalue weighted by molar-refractivity contribution is 14.1. The average molecular weight is 578 g/mol. The van der Waals surface area contributed by atoms with Gasteiger partial charge in [0.15, 0.2) is 6.61 Å². The molecule has 0 aromatic rings. The number of halogens is 1. The van der Waals surface area contributed by atoms with Gasteiger partial charge in [-0.1, -0.05) is 41.7 Å². The molecule has 178 valence electrons. The van der Waals surface area contributed by atoms with E-state index in [0.717, 1.165) is 25.7 Å². The van der Waals surface area contributed by atoms with Gasteiger partial charge in [-0.2, -0.15) is 0 Å². The lowest BCUT2D eigenvalue weighted by atomic mass is 9.45. The second-order valence-corrected chi connectivity index (χ2v) is 11.9. The first-order valence-electron chi connectivity index (χ1n) is 11.7. The van der Waals surface area contributed by atoms with E-state index in [1.54, 1.807) is 22.6 Å². The molecule has 4 fully saturated rings. The summed E-state index contributed by atoms with van der Waals surface area (Å²) in [5.74, 6) is -4.60. The molecule has 3 aliphatic carbocycles. The smallest absolute Gasteiger partial charge is 0.344 e. The van der Waals surface area contributed by atoms with Gasteiger partial charge in [-0.15, -0.1) is 0 Å². The number of hydrogen-bond donors (Lipinski definition) is 0. The maximum absolute atomic E-state index is 13.3. The summed E-state index contributed by atoms with van der Waals surface area (Å²) in [4.78, 5) is 50.6. The fraction of sp³-hybridized carbons (Fsp3) is 0.818. The SMILES string of the molecule is [B]C([B])(C)C([B])(I)C(=O)OCC(=O)OC1C2CC3C1OC(=O)C3C2C(=O)OC1(CC)CCCC1. The van der Waals surface area contributed by atoms with E-state index in [4.69, 9.17) is 42.5 Å². The molecule has 1 aliphatic heterocycles. The Balaban J connectivity index is 1.42. The minimum Gasteiger partial charge on any atom is -0.459 e. The van der Waals surface area contributed by atoms with Crippen molar-refractivity contribution in [1.82, 2.24) is 0 Å². The van der Waals surface area contributed by atoms with Gasteiger partial charge in [0.1, 0.15) is 25.7 Å². The van der Waals surface area contributed by atoms with Crippen molar-refractivity contribution < 1.29 is 38.1 Å². The van der Waals surface area contributed by atoms with Gasteiger partial charge in [0.05, 0.1) is 30.8 Å². The minimum atomic E-state index is -1.77. The maximum atomic E-state index is 13.3. The van der Waals surface area contributed by atoms with E-state index in [0.29, 0.717) is 12.8 Å². The van der Waals surface area contributed by atoms with Crippen molar-refractivity contribution in [2.45, 2.75) is 78.7 Å². The molecule has 0 N–H and O–H groups in total. The highest BCUT2D eigenvalue weighted by Crippen LogP contribution is 2.59. The summed E-state index contributed by atoms with van der Waals surface area (Å²) in [7, 11) is 17.3. The lowest BCUT2D eigenvalue weighted by Gasteiger charge is -2.36. The molecular formula is C22H26B3IO8. The predicted octanol–water partition coefficient (Wildman–Crippen LogP) is 1.29. The van der Waals surface area contributed by atoms with Gasteiger partial charge in [0, 0.05) is 11.8 Å². The Bertz CT molecular complexity index is 882. The number of alkyl halides is 1. The Morgan fingerprint density at radius 1 is 1.18 bits per heavy atom. The normalized spacial score (nSPS) is 34.9. The van der Waals surface area contributed by atoms with Crippen molar-refractivity contribution in [1.29, 1.82) is 0 Å². The molecular weight excluding hydrogens is 552 g/mol. The van der Waals surface area contributed by atoms with E-state index in [9.17, 15) is 19.2 Å². The molecule has 0 aromatic heterocycles. The number of carbonyl (C=O) groups excluding carboxylic acids is 4. The largest absolute Gasteiger partial charge is 0.459 e. The number of hydrogen-bond acceptors (Lipinski definition) is 8. The van der Waals surface area contributed by atoms with Crippen molar-refractivity contribution in [2.24, 2.45) is 23.7 Å². The standard InChI is InChI=1S/C22H26B3IO8/c1-3-21(6-4-5-7-21)34-18(29)14-11-8-10-13(14)17(28)33-16(10)15(11)32-12(27)9-31-19(30)22(25,26)20(2,23)24/h10-11,13-16H,3-9H2,1-2H3. The van der Waals surface area contributed by atoms with Crippen LogP contribution >= 0.6 is 22.6 Å². The molecule has 0 amide bonds. The number of ether oxygens (including phenoxy) is 4. The van der Waals surface area contributed by atoms with Crippen molar-refractivity contribution in [3.63, 3.8) is 0 Å². The number of esters is 4. The van der Waals surface area contributed by atoms with E-state index in [1.807, 2.05) is 6.92 Å². The Morgan fingerprint density at radius 3 is 2.41 bits per heavy atom. The second kappa shape index (κ2) is 9.03. The second-order valence-electron chi connectivity index (χ2n) is 10.2. The van der Waals surface area contributed by atoms with E-state index in [1.165, 1.54) is 6.92 Å².